The smallest absolute Gasteiger partial charge is 0.0178 e. The van der Waals surface area contributed by atoms with E-state index in [4.69, 9.17) is 5.73 Å². The van der Waals surface area contributed by atoms with Gasteiger partial charge >= 0.3 is 0 Å². The van der Waals surface area contributed by atoms with Crippen molar-refractivity contribution in [3.8, 4) is 0 Å². The van der Waals surface area contributed by atoms with Gasteiger partial charge in [-0.15, -0.1) is 24.8 Å². The van der Waals surface area contributed by atoms with Crippen molar-refractivity contribution in [2.24, 2.45) is 5.73 Å². The molecular weight excluding hydrogens is 243 g/mol. The van der Waals surface area contributed by atoms with Gasteiger partial charge in [-0.05, 0) is 43.0 Å². The Bertz CT molecular complexity index is 299. The van der Waals surface area contributed by atoms with Crippen molar-refractivity contribution >= 4 is 24.8 Å². The molecule has 0 atom stereocenters. The van der Waals surface area contributed by atoms with E-state index in [0.29, 0.717) is 6.54 Å². The molecule has 1 aliphatic heterocycles. The van der Waals surface area contributed by atoms with Crippen LogP contribution in [0.1, 0.15) is 29.9 Å². The maximum absolute atomic E-state index is 5.64. The topological polar surface area (TPSA) is 38.0 Å². The lowest BCUT2D eigenvalue weighted by molar-refractivity contribution is 0.460. The summed E-state index contributed by atoms with van der Waals surface area (Å²) in [5.74, 6) is 0.739. The largest absolute Gasteiger partial charge is 0.326 e. The molecule has 0 unspecified atom stereocenters. The van der Waals surface area contributed by atoms with Crippen LogP contribution in [0.4, 0.5) is 0 Å². The van der Waals surface area contributed by atoms with Crippen LogP contribution < -0.4 is 11.1 Å². The van der Waals surface area contributed by atoms with E-state index in [1.807, 2.05) is 0 Å². The Hall–Kier alpha value is -0.280. The van der Waals surface area contributed by atoms with Crippen LogP contribution in [-0.2, 0) is 6.54 Å². The first-order valence-corrected chi connectivity index (χ1v) is 5.40. The van der Waals surface area contributed by atoms with E-state index < -0.39 is 0 Å². The summed E-state index contributed by atoms with van der Waals surface area (Å²) in [4.78, 5) is 0. The minimum Gasteiger partial charge on any atom is -0.326 e. The van der Waals surface area contributed by atoms with E-state index in [1.54, 1.807) is 0 Å². The highest BCUT2D eigenvalue weighted by atomic mass is 35.5. The third kappa shape index (κ3) is 3.95. The molecule has 0 aliphatic carbocycles. The Morgan fingerprint density at radius 1 is 1.19 bits per heavy atom. The zero-order valence-corrected chi connectivity index (χ0v) is 10.9. The Kier molecular flexibility index (Phi) is 7.77. The zero-order chi connectivity index (χ0) is 9.80. The number of benzene rings is 1. The second-order valence-corrected chi connectivity index (χ2v) is 3.97. The minimum absolute atomic E-state index is 0. The molecule has 0 amide bonds. The Morgan fingerprint density at radius 3 is 2.50 bits per heavy atom. The molecule has 0 aromatic heterocycles. The van der Waals surface area contributed by atoms with Crippen molar-refractivity contribution < 1.29 is 0 Å². The first-order valence-electron chi connectivity index (χ1n) is 5.40. The highest BCUT2D eigenvalue weighted by molar-refractivity contribution is 5.85. The van der Waals surface area contributed by atoms with E-state index in [1.165, 1.54) is 24.0 Å². The van der Waals surface area contributed by atoms with Gasteiger partial charge in [-0.3, -0.25) is 0 Å². The normalized spacial score (nSPS) is 16.1. The maximum Gasteiger partial charge on any atom is 0.0178 e. The van der Waals surface area contributed by atoms with Crippen molar-refractivity contribution in [3.05, 3.63) is 35.4 Å². The van der Waals surface area contributed by atoms with Crippen LogP contribution in [0.15, 0.2) is 24.3 Å². The summed E-state index contributed by atoms with van der Waals surface area (Å²) < 4.78 is 0. The van der Waals surface area contributed by atoms with Crippen LogP contribution in [0.25, 0.3) is 0 Å². The third-order valence-corrected chi connectivity index (χ3v) is 3.00. The van der Waals surface area contributed by atoms with Crippen molar-refractivity contribution in [3.63, 3.8) is 0 Å². The van der Waals surface area contributed by atoms with Gasteiger partial charge in [-0.1, -0.05) is 24.3 Å². The predicted octanol–water partition coefficient (Wildman–Crippen LogP) is 2.46. The summed E-state index contributed by atoms with van der Waals surface area (Å²) in [6, 6.07) is 8.72. The van der Waals surface area contributed by atoms with Crippen LogP contribution in [0.3, 0.4) is 0 Å². The molecule has 0 spiro atoms. The van der Waals surface area contributed by atoms with Gasteiger partial charge in [0, 0.05) is 6.54 Å². The van der Waals surface area contributed by atoms with Crippen LogP contribution in [0, 0.1) is 0 Å². The number of halogens is 2. The van der Waals surface area contributed by atoms with Crippen LogP contribution in [0.5, 0.6) is 0 Å². The Balaban J connectivity index is 0.00000112. The van der Waals surface area contributed by atoms with Gasteiger partial charge in [0.15, 0.2) is 0 Å². The first-order chi connectivity index (χ1) is 6.90. The van der Waals surface area contributed by atoms with Crippen molar-refractivity contribution in [1.82, 2.24) is 5.32 Å². The van der Waals surface area contributed by atoms with Gasteiger partial charge in [0.1, 0.15) is 0 Å². The summed E-state index contributed by atoms with van der Waals surface area (Å²) in [6.45, 7) is 2.95. The minimum atomic E-state index is 0. The molecule has 2 nitrogen and oxygen atoms in total. The van der Waals surface area contributed by atoms with E-state index in [2.05, 4.69) is 29.6 Å². The number of nitrogens with one attached hydrogen (secondary N) is 1. The molecule has 3 N–H and O–H groups in total. The number of rotatable bonds is 2. The SMILES string of the molecule is Cl.Cl.NCc1cccc(C2CCNCC2)c1. The summed E-state index contributed by atoms with van der Waals surface area (Å²) >= 11 is 0. The van der Waals surface area contributed by atoms with Crippen molar-refractivity contribution in [1.29, 1.82) is 0 Å². The van der Waals surface area contributed by atoms with E-state index in [0.717, 1.165) is 19.0 Å². The molecule has 92 valence electrons. The number of nitrogens with two attached hydrogens (primary N) is 1. The van der Waals surface area contributed by atoms with Gasteiger partial charge in [0.2, 0.25) is 0 Å². The fraction of sp³-hybridized carbons (Fsp3) is 0.500. The van der Waals surface area contributed by atoms with E-state index in [9.17, 15) is 0 Å². The van der Waals surface area contributed by atoms with Crippen LogP contribution >= 0.6 is 24.8 Å². The fourth-order valence-electron chi connectivity index (χ4n) is 2.13. The number of piperidine rings is 1. The van der Waals surface area contributed by atoms with Gasteiger partial charge < -0.3 is 11.1 Å². The highest BCUT2D eigenvalue weighted by Gasteiger charge is 2.14. The molecule has 1 aliphatic rings. The molecule has 1 heterocycles. The molecule has 4 heteroatoms. The van der Waals surface area contributed by atoms with Crippen molar-refractivity contribution in [2.45, 2.75) is 25.3 Å². The van der Waals surface area contributed by atoms with Gasteiger partial charge in [0.25, 0.3) is 0 Å². The summed E-state index contributed by atoms with van der Waals surface area (Å²) in [6.07, 6.45) is 2.52. The van der Waals surface area contributed by atoms with Gasteiger partial charge in [-0.2, -0.15) is 0 Å². The highest BCUT2D eigenvalue weighted by Crippen LogP contribution is 2.25. The van der Waals surface area contributed by atoms with Crippen LogP contribution in [0.2, 0.25) is 0 Å². The molecule has 1 aromatic rings. The number of hydrogen-bond donors (Lipinski definition) is 2. The standard InChI is InChI=1S/C12H18N2.2ClH/c13-9-10-2-1-3-12(8-10)11-4-6-14-7-5-11;;/h1-3,8,11,14H,4-7,9,13H2;2*1H. The molecule has 1 fully saturated rings. The molecule has 0 saturated carbocycles. The van der Waals surface area contributed by atoms with Gasteiger partial charge in [0.05, 0.1) is 0 Å². The molecule has 0 radical (unpaired) electrons. The molecule has 0 bridgehead atoms. The summed E-state index contributed by atoms with van der Waals surface area (Å²) in [5, 5.41) is 3.39. The molecule has 2 rings (SSSR count). The average Bonchev–Trinajstić information content (AvgIpc) is 2.30. The summed E-state index contributed by atoms with van der Waals surface area (Å²) in [5.41, 5.74) is 8.35. The molecule has 1 saturated heterocycles. The van der Waals surface area contributed by atoms with Crippen LogP contribution in [-0.4, -0.2) is 13.1 Å². The molecule has 16 heavy (non-hydrogen) atoms. The zero-order valence-electron chi connectivity index (χ0n) is 9.32. The monoisotopic (exact) mass is 262 g/mol. The lowest BCUT2D eigenvalue weighted by atomic mass is 9.89. The Morgan fingerprint density at radius 2 is 1.88 bits per heavy atom. The molecule has 1 aromatic carbocycles. The summed E-state index contributed by atoms with van der Waals surface area (Å²) in [7, 11) is 0. The quantitative estimate of drug-likeness (QED) is 0.860. The first kappa shape index (κ1) is 15.7. The third-order valence-electron chi connectivity index (χ3n) is 3.00. The van der Waals surface area contributed by atoms with E-state index >= 15 is 0 Å². The maximum atomic E-state index is 5.64. The van der Waals surface area contributed by atoms with Crippen molar-refractivity contribution in [2.75, 3.05) is 13.1 Å². The fourth-order valence-corrected chi connectivity index (χ4v) is 2.13. The number of hydrogen-bond acceptors (Lipinski definition) is 2. The lowest BCUT2D eigenvalue weighted by Gasteiger charge is -2.23. The second kappa shape index (κ2) is 7.91. The Labute approximate surface area is 110 Å². The van der Waals surface area contributed by atoms with Gasteiger partial charge in [-0.25, -0.2) is 0 Å². The lowest BCUT2D eigenvalue weighted by Crippen LogP contribution is -2.26. The molecular formula is C12H20Cl2N2. The second-order valence-electron chi connectivity index (χ2n) is 3.97. The average molecular weight is 263 g/mol. The predicted molar refractivity (Wildman–Crippen MR) is 73.7 cm³/mol. The van der Waals surface area contributed by atoms with E-state index in [-0.39, 0.29) is 24.8 Å².